The highest BCUT2D eigenvalue weighted by atomic mass is 16.6. The summed E-state index contributed by atoms with van der Waals surface area (Å²) in [6.07, 6.45) is -2.46. The van der Waals surface area contributed by atoms with E-state index in [0.717, 1.165) is 22.3 Å². The fourth-order valence-electron chi connectivity index (χ4n) is 6.53. The van der Waals surface area contributed by atoms with E-state index >= 15 is 0 Å². The molecule has 0 aliphatic carbocycles. The van der Waals surface area contributed by atoms with Gasteiger partial charge in [-0.15, -0.1) is 5.10 Å². The van der Waals surface area contributed by atoms with Gasteiger partial charge < -0.3 is 38.8 Å². The number of nitrogens with one attached hydrogen (secondary N) is 1. The summed E-state index contributed by atoms with van der Waals surface area (Å²) in [5, 5.41) is 21.2. The third kappa shape index (κ3) is 12.8. The lowest BCUT2D eigenvalue weighted by Crippen LogP contribution is -2.59. The number of aromatic nitrogens is 3. The second-order valence-corrected chi connectivity index (χ2v) is 15.1. The van der Waals surface area contributed by atoms with Gasteiger partial charge in [-0.2, -0.15) is 0 Å². The van der Waals surface area contributed by atoms with E-state index in [2.05, 4.69) is 15.6 Å². The van der Waals surface area contributed by atoms with Crippen molar-refractivity contribution in [2.75, 3.05) is 6.61 Å². The van der Waals surface area contributed by atoms with Crippen LogP contribution in [-0.4, -0.2) is 74.8 Å². The second-order valence-electron chi connectivity index (χ2n) is 15.1. The molecule has 58 heavy (non-hydrogen) atoms. The molecule has 1 saturated heterocycles. The molecule has 6 rings (SSSR count). The molecule has 2 heterocycles. The van der Waals surface area contributed by atoms with Gasteiger partial charge in [-0.3, -0.25) is 0 Å². The Balaban J connectivity index is 1.30. The molecule has 1 aliphatic rings. The van der Waals surface area contributed by atoms with Gasteiger partial charge in [0.2, 0.25) is 0 Å². The molecular weight excluding hydrogens is 741 g/mol. The highest BCUT2D eigenvalue weighted by Crippen LogP contribution is 2.36. The Morgan fingerprint density at radius 3 is 1.71 bits per heavy atom. The first kappa shape index (κ1) is 42.2. The number of ether oxygens (including phenoxy) is 6. The lowest BCUT2D eigenvalue weighted by molar-refractivity contribution is -0.292. The molecule has 1 fully saturated rings. The molecule has 0 spiro atoms. The number of nitrogens with zero attached hydrogens (tertiary/aromatic N) is 3. The SMILES string of the molecule is CC(C)(C)OC(=O)N[C@@H](CCc1cn([C@@H]2O[C@H](COCc3ccccc3)[C@@H](OCc3ccccc3)[C@H](OCc3ccccc3)[C@H]2OCc2ccccc2)nn1)C(=O)O. The van der Waals surface area contributed by atoms with Crippen LogP contribution in [0.25, 0.3) is 0 Å². The fourth-order valence-corrected chi connectivity index (χ4v) is 6.53. The predicted molar refractivity (Wildman–Crippen MR) is 214 cm³/mol. The van der Waals surface area contributed by atoms with E-state index in [4.69, 9.17) is 28.4 Å². The van der Waals surface area contributed by atoms with Gasteiger partial charge >= 0.3 is 12.1 Å². The average molecular weight is 793 g/mol. The number of aryl methyl sites for hydroxylation is 1. The van der Waals surface area contributed by atoms with Crippen LogP contribution in [0.5, 0.6) is 0 Å². The number of aliphatic carboxylic acids is 1. The molecule has 13 nitrogen and oxygen atoms in total. The molecule has 0 bridgehead atoms. The Morgan fingerprint density at radius 2 is 1.21 bits per heavy atom. The van der Waals surface area contributed by atoms with E-state index in [9.17, 15) is 14.7 Å². The Hall–Kier alpha value is -5.44. The lowest BCUT2D eigenvalue weighted by Gasteiger charge is -2.46. The maximum atomic E-state index is 12.4. The van der Waals surface area contributed by atoms with E-state index in [1.54, 1.807) is 31.6 Å². The van der Waals surface area contributed by atoms with Crippen molar-refractivity contribution < 1.29 is 43.1 Å². The van der Waals surface area contributed by atoms with Gasteiger partial charge in [0.15, 0.2) is 6.23 Å². The van der Waals surface area contributed by atoms with E-state index in [0.29, 0.717) is 18.9 Å². The predicted octanol–water partition coefficient (Wildman–Crippen LogP) is 7.06. The largest absolute Gasteiger partial charge is 0.480 e. The number of alkyl carbamates (subject to hydrolysis) is 1. The molecular formula is C45H52N4O9. The van der Waals surface area contributed by atoms with Gasteiger partial charge in [-0.1, -0.05) is 127 Å². The van der Waals surface area contributed by atoms with Gasteiger partial charge in [-0.25, -0.2) is 14.3 Å². The molecule has 6 atom stereocenters. The molecule has 1 aliphatic heterocycles. The molecule has 5 aromatic rings. The number of carboxylic acids is 1. The number of amides is 1. The highest BCUT2D eigenvalue weighted by Gasteiger charge is 2.49. The van der Waals surface area contributed by atoms with Crippen LogP contribution < -0.4 is 5.32 Å². The standard InChI is InChI=1S/C45H52N4O9/c1-45(2,3)58-44(52)46-37(43(50)51)25-24-36-26-49(48-47-36)42-41(56-30-35-22-14-7-15-23-35)40(55-29-34-20-12-6-13-21-34)39(54-28-33-18-10-5-11-19-33)38(57-42)31-53-27-32-16-8-4-9-17-32/h4-23,26,37-42H,24-25,27-31H2,1-3H3,(H,46,52)(H,50,51)/t37-,38+,39+,40-,41+,42+/m0/s1. The Labute approximate surface area is 339 Å². The minimum atomic E-state index is -1.21. The summed E-state index contributed by atoms with van der Waals surface area (Å²) in [6.45, 7) is 6.46. The first-order valence-corrected chi connectivity index (χ1v) is 19.5. The summed E-state index contributed by atoms with van der Waals surface area (Å²) in [7, 11) is 0. The number of rotatable bonds is 19. The third-order valence-corrected chi connectivity index (χ3v) is 9.36. The topological polar surface area (TPSA) is 152 Å². The van der Waals surface area contributed by atoms with E-state index in [-0.39, 0.29) is 32.7 Å². The van der Waals surface area contributed by atoms with Gasteiger partial charge in [-0.05, 0) is 55.9 Å². The van der Waals surface area contributed by atoms with Crippen molar-refractivity contribution in [3.8, 4) is 0 Å². The molecule has 1 amide bonds. The van der Waals surface area contributed by atoms with Crippen LogP contribution in [0.1, 0.15) is 61.4 Å². The van der Waals surface area contributed by atoms with Gasteiger partial charge in [0.05, 0.1) is 44.9 Å². The molecule has 1 aromatic heterocycles. The lowest BCUT2D eigenvalue weighted by atomic mass is 9.97. The van der Waals surface area contributed by atoms with Crippen molar-refractivity contribution in [3.05, 3.63) is 155 Å². The Bertz CT molecular complexity index is 1980. The van der Waals surface area contributed by atoms with Crippen molar-refractivity contribution in [2.24, 2.45) is 0 Å². The summed E-state index contributed by atoms with van der Waals surface area (Å²) in [4.78, 5) is 24.5. The van der Waals surface area contributed by atoms with E-state index in [1.165, 1.54) is 0 Å². The maximum absolute atomic E-state index is 12.4. The zero-order valence-electron chi connectivity index (χ0n) is 33.1. The van der Waals surface area contributed by atoms with Crippen molar-refractivity contribution in [2.45, 2.75) is 102 Å². The quantitative estimate of drug-likeness (QED) is 0.0884. The summed E-state index contributed by atoms with van der Waals surface area (Å²) in [5.74, 6) is -1.19. The number of hydrogen-bond acceptors (Lipinski definition) is 10. The molecule has 0 saturated carbocycles. The minimum absolute atomic E-state index is 0.0426. The average Bonchev–Trinajstić information content (AvgIpc) is 3.70. The third-order valence-electron chi connectivity index (χ3n) is 9.36. The zero-order valence-corrected chi connectivity index (χ0v) is 33.1. The fraction of sp³-hybridized carbons (Fsp3) is 0.378. The number of carboxylic acid groups (broad SMARTS) is 1. The summed E-state index contributed by atoms with van der Waals surface area (Å²) in [6, 6.07) is 38.3. The van der Waals surface area contributed by atoms with Gasteiger partial charge in [0.1, 0.15) is 36.1 Å². The molecule has 2 N–H and O–H groups in total. The zero-order chi connectivity index (χ0) is 40.7. The number of benzene rings is 4. The van der Waals surface area contributed by atoms with Crippen LogP contribution in [-0.2, 0) is 66.1 Å². The first-order chi connectivity index (χ1) is 28.1. The Kier molecular flexibility index (Phi) is 15.1. The monoisotopic (exact) mass is 792 g/mol. The summed E-state index contributed by atoms with van der Waals surface area (Å²) >= 11 is 0. The minimum Gasteiger partial charge on any atom is -0.480 e. The Morgan fingerprint density at radius 1 is 0.724 bits per heavy atom. The van der Waals surface area contributed by atoms with Crippen LogP contribution in [0.4, 0.5) is 4.79 Å². The number of carbonyl (C=O) groups is 2. The van der Waals surface area contributed by atoms with Crippen molar-refractivity contribution in [3.63, 3.8) is 0 Å². The number of carbonyl (C=O) groups excluding carboxylic acids is 1. The van der Waals surface area contributed by atoms with Crippen LogP contribution in [0.15, 0.2) is 128 Å². The van der Waals surface area contributed by atoms with Crippen LogP contribution in [0.2, 0.25) is 0 Å². The molecule has 0 radical (unpaired) electrons. The van der Waals surface area contributed by atoms with Crippen molar-refractivity contribution in [1.29, 1.82) is 0 Å². The van der Waals surface area contributed by atoms with E-state index in [1.807, 2.05) is 121 Å². The molecule has 0 unspecified atom stereocenters. The smallest absolute Gasteiger partial charge is 0.408 e. The van der Waals surface area contributed by atoms with E-state index < -0.39 is 54.3 Å². The highest BCUT2D eigenvalue weighted by molar-refractivity contribution is 5.80. The number of hydrogen-bond donors (Lipinski definition) is 2. The molecule has 13 heteroatoms. The summed E-state index contributed by atoms with van der Waals surface area (Å²) in [5.41, 5.74) is 3.63. The van der Waals surface area contributed by atoms with Gasteiger partial charge in [0.25, 0.3) is 0 Å². The van der Waals surface area contributed by atoms with Crippen LogP contribution in [0.3, 0.4) is 0 Å². The van der Waals surface area contributed by atoms with Crippen molar-refractivity contribution >= 4 is 12.1 Å². The second kappa shape index (κ2) is 20.8. The van der Waals surface area contributed by atoms with Crippen molar-refractivity contribution in [1.82, 2.24) is 20.3 Å². The first-order valence-electron chi connectivity index (χ1n) is 19.5. The normalized spacial score (nSPS) is 19.9. The van der Waals surface area contributed by atoms with Gasteiger partial charge in [0, 0.05) is 0 Å². The van der Waals surface area contributed by atoms with Crippen LogP contribution in [0, 0.1) is 0 Å². The van der Waals surface area contributed by atoms with Crippen LogP contribution >= 0.6 is 0 Å². The molecule has 4 aromatic carbocycles. The maximum Gasteiger partial charge on any atom is 0.408 e. The summed E-state index contributed by atoms with van der Waals surface area (Å²) < 4.78 is 40.4. The molecule has 306 valence electrons.